The van der Waals surface area contributed by atoms with E-state index in [4.69, 9.17) is 5.73 Å². The lowest BCUT2D eigenvalue weighted by Crippen LogP contribution is -2.37. The predicted octanol–water partition coefficient (Wildman–Crippen LogP) is 4.39. The van der Waals surface area contributed by atoms with Crippen LogP contribution in [0, 0.1) is 5.82 Å². The first kappa shape index (κ1) is 14.7. The second-order valence-electron chi connectivity index (χ2n) is 5.28. The molecule has 0 aliphatic heterocycles. The Balaban J connectivity index is 2.39. The highest BCUT2D eigenvalue weighted by Crippen LogP contribution is 2.30. The molecule has 1 atom stereocenters. The molecule has 106 valence electrons. The van der Waals surface area contributed by atoms with E-state index in [1.165, 1.54) is 17.7 Å². The van der Waals surface area contributed by atoms with Gasteiger partial charge in [-0.25, -0.2) is 4.39 Å². The van der Waals surface area contributed by atoms with E-state index in [0.717, 1.165) is 30.4 Å². The smallest absolute Gasteiger partial charge is 0.123 e. The van der Waals surface area contributed by atoms with Crippen LogP contribution in [0.15, 0.2) is 48.5 Å². The number of hydrogen-bond donors (Lipinski definition) is 1. The fourth-order valence-corrected chi connectivity index (χ4v) is 2.60. The minimum absolute atomic E-state index is 0.242. The monoisotopic (exact) mass is 271 g/mol. The zero-order valence-corrected chi connectivity index (χ0v) is 12.2. The molecule has 0 bridgehead atoms. The van der Waals surface area contributed by atoms with Crippen molar-refractivity contribution < 1.29 is 4.39 Å². The Morgan fingerprint density at radius 2 is 1.70 bits per heavy atom. The highest BCUT2D eigenvalue weighted by Gasteiger charge is 2.27. The predicted molar refractivity (Wildman–Crippen MR) is 82.1 cm³/mol. The molecule has 0 aliphatic rings. The molecule has 1 unspecified atom stereocenters. The molecule has 2 aromatic carbocycles. The van der Waals surface area contributed by atoms with Gasteiger partial charge in [0.15, 0.2) is 0 Å². The second kappa shape index (κ2) is 6.19. The second-order valence-corrected chi connectivity index (χ2v) is 5.28. The minimum Gasteiger partial charge on any atom is -0.318 e. The van der Waals surface area contributed by atoms with Gasteiger partial charge in [0.1, 0.15) is 5.82 Å². The summed E-state index contributed by atoms with van der Waals surface area (Å²) < 4.78 is 13.5. The fraction of sp³-hybridized carbons (Fsp3) is 0.333. The number of nitrogens with two attached hydrogens (primary N) is 1. The standard InChI is InChI=1S/C18H22FN/c1-3-6-14-9-11-15(12-10-14)18(20,4-2)16-7-5-8-17(19)13-16/h5,7-13H,3-4,6,20H2,1-2H3. The molecular formula is C18H22FN. The Kier molecular flexibility index (Phi) is 4.56. The lowest BCUT2D eigenvalue weighted by Gasteiger charge is -2.29. The highest BCUT2D eigenvalue weighted by molar-refractivity contribution is 5.39. The van der Waals surface area contributed by atoms with E-state index in [2.05, 4.69) is 31.2 Å². The van der Waals surface area contributed by atoms with Crippen LogP contribution in [0.1, 0.15) is 43.4 Å². The van der Waals surface area contributed by atoms with Gasteiger partial charge in [0, 0.05) is 0 Å². The molecule has 0 radical (unpaired) electrons. The van der Waals surface area contributed by atoms with E-state index >= 15 is 0 Å². The number of aryl methyl sites for hydroxylation is 1. The van der Waals surface area contributed by atoms with E-state index in [1.54, 1.807) is 6.07 Å². The first-order valence-corrected chi connectivity index (χ1v) is 7.24. The van der Waals surface area contributed by atoms with Crippen LogP contribution < -0.4 is 5.73 Å². The zero-order chi connectivity index (χ0) is 14.6. The normalized spacial score (nSPS) is 14.0. The fourth-order valence-electron chi connectivity index (χ4n) is 2.60. The van der Waals surface area contributed by atoms with Gasteiger partial charge in [-0.05, 0) is 41.7 Å². The van der Waals surface area contributed by atoms with Crippen molar-refractivity contribution in [3.63, 3.8) is 0 Å². The van der Waals surface area contributed by atoms with E-state index in [9.17, 15) is 4.39 Å². The van der Waals surface area contributed by atoms with Crippen molar-refractivity contribution in [1.82, 2.24) is 0 Å². The van der Waals surface area contributed by atoms with Crippen LogP contribution in [0.25, 0.3) is 0 Å². The number of rotatable bonds is 5. The average molecular weight is 271 g/mol. The maximum absolute atomic E-state index is 13.5. The molecule has 2 rings (SSSR count). The van der Waals surface area contributed by atoms with Crippen LogP contribution in [-0.4, -0.2) is 0 Å². The molecule has 0 aliphatic carbocycles. The first-order chi connectivity index (χ1) is 9.60. The molecule has 0 heterocycles. The van der Waals surface area contributed by atoms with Gasteiger partial charge in [-0.3, -0.25) is 0 Å². The molecule has 20 heavy (non-hydrogen) atoms. The van der Waals surface area contributed by atoms with Crippen LogP contribution in [-0.2, 0) is 12.0 Å². The van der Waals surface area contributed by atoms with Crippen molar-refractivity contribution >= 4 is 0 Å². The van der Waals surface area contributed by atoms with Crippen LogP contribution in [0.3, 0.4) is 0 Å². The minimum atomic E-state index is -0.632. The van der Waals surface area contributed by atoms with Gasteiger partial charge < -0.3 is 5.73 Å². The molecule has 0 spiro atoms. The Labute approximate surface area is 120 Å². The molecule has 1 nitrogen and oxygen atoms in total. The third kappa shape index (κ3) is 2.91. The molecule has 0 aromatic heterocycles. The van der Waals surface area contributed by atoms with E-state index < -0.39 is 5.54 Å². The topological polar surface area (TPSA) is 26.0 Å². The summed E-state index contributed by atoms with van der Waals surface area (Å²) in [4.78, 5) is 0. The van der Waals surface area contributed by atoms with Crippen molar-refractivity contribution in [3.05, 3.63) is 71.0 Å². The van der Waals surface area contributed by atoms with Crippen molar-refractivity contribution in [2.45, 2.75) is 38.6 Å². The van der Waals surface area contributed by atoms with Crippen LogP contribution >= 0.6 is 0 Å². The Hall–Kier alpha value is -1.67. The molecule has 0 saturated carbocycles. The molecule has 0 saturated heterocycles. The SMILES string of the molecule is CCCc1ccc(C(N)(CC)c2cccc(F)c2)cc1. The van der Waals surface area contributed by atoms with Crippen LogP contribution in [0.4, 0.5) is 4.39 Å². The van der Waals surface area contributed by atoms with Gasteiger partial charge in [-0.1, -0.05) is 56.7 Å². The van der Waals surface area contributed by atoms with E-state index in [0.29, 0.717) is 0 Å². The van der Waals surface area contributed by atoms with Gasteiger partial charge in [-0.15, -0.1) is 0 Å². The van der Waals surface area contributed by atoms with E-state index in [-0.39, 0.29) is 5.82 Å². The van der Waals surface area contributed by atoms with Gasteiger partial charge in [0.25, 0.3) is 0 Å². The van der Waals surface area contributed by atoms with Crippen LogP contribution in [0.2, 0.25) is 0 Å². The maximum atomic E-state index is 13.5. The lowest BCUT2D eigenvalue weighted by atomic mass is 9.81. The summed E-state index contributed by atoms with van der Waals surface area (Å²) in [6.07, 6.45) is 2.93. The van der Waals surface area contributed by atoms with Crippen LogP contribution in [0.5, 0.6) is 0 Å². The summed E-state index contributed by atoms with van der Waals surface area (Å²) in [6, 6.07) is 15.0. The van der Waals surface area contributed by atoms with Crippen molar-refractivity contribution in [2.24, 2.45) is 5.73 Å². The maximum Gasteiger partial charge on any atom is 0.123 e. The highest BCUT2D eigenvalue weighted by atomic mass is 19.1. The molecular weight excluding hydrogens is 249 g/mol. The molecule has 0 fully saturated rings. The summed E-state index contributed by atoms with van der Waals surface area (Å²) in [7, 11) is 0. The van der Waals surface area contributed by atoms with Gasteiger partial charge in [-0.2, -0.15) is 0 Å². The molecule has 2 heteroatoms. The zero-order valence-electron chi connectivity index (χ0n) is 12.2. The first-order valence-electron chi connectivity index (χ1n) is 7.24. The summed E-state index contributed by atoms with van der Waals surface area (Å²) in [5.74, 6) is -0.242. The third-order valence-corrected chi connectivity index (χ3v) is 3.91. The quantitative estimate of drug-likeness (QED) is 0.857. The lowest BCUT2D eigenvalue weighted by molar-refractivity contribution is 0.512. The Morgan fingerprint density at radius 1 is 1.00 bits per heavy atom. The average Bonchev–Trinajstić information content (AvgIpc) is 2.47. The van der Waals surface area contributed by atoms with Gasteiger partial charge >= 0.3 is 0 Å². The molecule has 0 amide bonds. The summed E-state index contributed by atoms with van der Waals surface area (Å²) in [5.41, 5.74) is 9.10. The van der Waals surface area contributed by atoms with Crippen molar-refractivity contribution in [3.8, 4) is 0 Å². The number of halogens is 1. The Morgan fingerprint density at radius 3 is 2.25 bits per heavy atom. The summed E-state index contributed by atoms with van der Waals surface area (Å²) in [5, 5.41) is 0. The summed E-state index contributed by atoms with van der Waals surface area (Å²) >= 11 is 0. The summed E-state index contributed by atoms with van der Waals surface area (Å²) in [6.45, 7) is 4.20. The molecule has 2 N–H and O–H groups in total. The Bertz CT molecular complexity index is 562. The van der Waals surface area contributed by atoms with E-state index in [1.807, 2.05) is 13.0 Å². The largest absolute Gasteiger partial charge is 0.318 e. The molecule has 2 aromatic rings. The number of benzene rings is 2. The van der Waals surface area contributed by atoms with Gasteiger partial charge in [0.05, 0.1) is 5.54 Å². The number of hydrogen-bond acceptors (Lipinski definition) is 1. The third-order valence-electron chi connectivity index (χ3n) is 3.91. The van der Waals surface area contributed by atoms with Crippen molar-refractivity contribution in [1.29, 1.82) is 0 Å². The van der Waals surface area contributed by atoms with Crippen molar-refractivity contribution in [2.75, 3.05) is 0 Å². The van der Waals surface area contributed by atoms with Gasteiger partial charge in [0.2, 0.25) is 0 Å².